The molecular weight excluding hydrogens is 268 g/mol. The Hall–Kier alpha value is 0.360. The average Bonchev–Trinajstić information content (AvgIpc) is 2.38. The molecule has 2 saturated heterocycles. The smallest absolute Gasteiger partial charge is 0.0594 e. The Bertz CT molecular complexity index is 197. The summed E-state index contributed by atoms with van der Waals surface area (Å²) in [6, 6.07) is 0.773. The second-order valence-electron chi connectivity index (χ2n) is 4.79. The van der Waals surface area contributed by atoms with Crippen LogP contribution >= 0.6 is 15.9 Å². The predicted octanol–water partition coefficient (Wildman–Crippen LogP) is 1.57. The maximum absolute atomic E-state index is 5.37. The van der Waals surface area contributed by atoms with Gasteiger partial charge >= 0.3 is 0 Å². The molecule has 0 aromatic rings. The standard InChI is InChI=1S/C12H23BrN2O/c13-11-12-3-1-2-4-15(12)6-5-14-7-9-16-10-8-14/h12H,1-11H2. The molecule has 94 valence electrons. The molecule has 1 unspecified atom stereocenters. The maximum Gasteiger partial charge on any atom is 0.0594 e. The molecule has 0 aliphatic carbocycles. The molecule has 2 rings (SSSR count). The number of piperidine rings is 1. The number of rotatable bonds is 4. The van der Waals surface area contributed by atoms with Gasteiger partial charge in [-0.15, -0.1) is 0 Å². The Labute approximate surface area is 107 Å². The molecule has 2 fully saturated rings. The number of nitrogens with zero attached hydrogens (tertiary/aromatic N) is 2. The summed E-state index contributed by atoms with van der Waals surface area (Å²) in [6.45, 7) is 7.81. The van der Waals surface area contributed by atoms with E-state index in [1.807, 2.05) is 0 Å². The van der Waals surface area contributed by atoms with Crippen LogP contribution < -0.4 is 0 Å². The molecule has 4 heteroatoms. The molecule has 2 aliphatic heterocycles. The van der Waals surface area contributed by atoms with E-state index >= 15 is 0 Å². The van der Waals surface area contributed by atoms with Crippen LogP contribution in [0.3, 0.4) is 0 Å². The molecule has 0 aromatic heterocycles. The third kappa shape index (κ3) is 3.69. The summed E-state index contributed by atoms with van der Waals surface area (Å²) in [4.78, 5) is 5.19. The van der Waals surface area contributed by atoms with Gasteiger partial charge in [0.1, 0.15) is 0 Å². The van der Waals surface area contributed by atoms with Crippen LogP contribution in [0.15, 0.2) is 0 Å². The summed E-state index contributed by atoms with van der Waals surface area (Å²) >= 11 is 3.64. The Morgan fingerprint density at radius 3 is 2.62 bits per heavy atom. The molecule has 2 heterocycles. The molecule has 0 saturated carbocycles. The number of morpholine rings is 1. The quantitative estimate of drug-likeness (QED) is 0.731. The van der Waals surface area contributed by atoms with Crippen LogP contribution in [0.25, 0.3) is 0 Å². The summed E-state index contributed by atoms with van der Waals surface area (Å²) in [5.41, 5.74) is 0. The second kappa shape index (κ2) is 6.94. The Morgan fingerprint density at radius 1 is 1.06 bits per heavy atom. The highest BCUT2D eigenvalue weighted by Gasteiger charge is 2.21. The van der Waals surface area contributed by atoms with Gasteiger partial charge in [-0.2, -0.15) is 0 Å². The molecule has 0 bridgehead atoms. The van der Waals surface area contributed by atoms with Gasteiger partial charge in [0.05, 0.1) is 13.2 Å². The first-order chi connectivity index (χ1) is 7.90. The van der Waals surface area contributed by atoms with E-state index in [2.05, 4.69) is 25.7 Å². The zero-order chi connectivity index (χ0) is 11.2. The van der Waals surface area contributed by atoms with Crippen LogP contribution in [0.1, 0.15) is 19.3 Å². The van der Waals surface area contributed by atoms with Crippen molar-refractivity contribution in [2.24, 2.45) is 0 Å². The van der Waals surface area contributed by atoms with E-state index in [-0.39, 0.29) is 0 Å². The van der Waals surface area contributed by atoms with Gasteiger partial charge in [0, 0.05) is 37.6 Å². The van der Waals surface area contributed by atoms with Crippen LogP contribution in [-0.2, 0) is 4.74 Å². The fourth-order valence-electron chi connectivity index (χ4n) is 2.62. The Morgan fingerprint density at radius 2 is 1.88 bits per heavy atom. The lowest BCUT2D eigenvalue weighted by Crippen LogP contribution is -2.46. The van der Waals surface area contributed by atoms with E-state index < -0.39 is 0 Å². The number of hydrogen-bond acceptors (Lipinski definition) is 3. The summed E-state index contributed by atoms with van der Waals surface area (Å²) in [6.07, 6.45) is 4.16. The van der Waals surface area contributed by atoms with Crippen LogP contribution in [0.4, 0.5) is 0 Å². The highest BCUT2D eigenvalue weighted by atomic mass is 79.9. The minimum atomic E-state index is 0.773. The molecule has 0 spiro atoms. The summed E-state index contributed by atoms with van der Waals surface area (Å²) in [7, 11) is 0. The average molecular weight is 291 g/mol. The lowest BCUT2D eigenvalue weighted by Gasteiger charge is -2.36. The van der Waals surface area contributed by atoms with Gasteiger partial charge < -0.3 is 4.74 Å². The van der Waals surface area contributed by atoms with Crippen molar-refractivity contribution in [2.75, 3.05) is 51.3 Å². The first-order valence-electron chi connectivity index (χ1n) is 6.50. The van der Waals surface area contributed by atoms with Crippen molar-refractivity contribution >= 4 is 15.9 Å². The van der Waals surface area contributed by atoms with E-state index in [4.69, 9.17) is 4.74 Å². The zero-order valence-corrected chi connectivity index (χ0v) is 11.6. The third-order valence-electron chi connectivity index (χ3n) is 3.73. The van der Waals surface area contributed by atoms with Crippen LogP contribution in [0, 0.1) is 0 Å². The molecule has 16 heavy (non-hydrogen) atoms. The summed E-state index contributed by atoms with van der Waals surface area (Å²) in [5, 5.41) is 1.14. The first-order valence-corrected chi connectivity index (χ1v) is 7.62. The van der Waals surface area contributed by atoms with E-state index in [0.29, 0.717) is 0 Å². The maximum atomic E-state index is 5.37. The van der Waals surface area contributed by atoms with Gasteiger partial charge in [-0.05, 0) is 19.4 Å². The minimum Gasteiger partial charge on any atom is -0.379 e. The summed E-state index contributed by atoms with van der Waals surface area (Å²) < 4.78 is 5.37. The van der Waals surface area contributed by atoms with Gasteiger partial charge in [0.2, 0.25) is 0 Å². The zero-order valence-electron chi connectivity index (χ0n) is 10.0. The van der Waals surface area contributed by atoms with Gasteiger partial charge in [0.25, 0.3) is 0 Å². The van der Waals surface area contributed by atoms with Crippen molar-refractivity contribution < 1.29 is 4.74 Å². The number of ether oxygens (including phenoxy) is 1. The highest BCUT2D eigenvalue weighted by Crippen LogP contribution is 2.18. The SMILES string of the molecule is BrCC1CCCCN1CCN1CCOCC1. The van der Waals surface area contributed by atoms with Crippen molar-refractivity contribution in [2.45, 2.75) is 25.3 Å². The van der Waals surface area contributed by atoms with E-state index in [9.17, 15) is 0 Å². The molecular formula is C12H23BrN2O. The van der Waals surface area contributed by atoms with Gasteiger partial charge in [-0.25, -0.2) is 0 Å². The molecule has 0 radical (unpaired) electrons. The predicted molar refractivity (Wildman–Crippen MR) is 70.3 cm³/mol. The van der Waals surface area contributed by atoms with Crippen molar-refractivity contribution in [3.63, 3.8) is 0 Å². The number of halogens is 1. The number of alkyl halides is 1. The van der Waals surface area contributed by atoms with Crippen molar-refractivity contribution in [1.29, 1.82) is 0 Å². The third-order valence-corrected chi connectivity index (χ3v) is 4.48. The van der Waals surface area contributed by atoms with E-state index in [1.54, 1.807) is 0 Å². The Balaban J connectivity index is 1.70. The molecule has 0 amide bonds. The van der Waals surface area contributed by atoms with Crippen molar-refractivity contribution in [1.82, 2.24) is 9.80 Å². The van der Waals surface area contributed by atoms with E-state index in [1.165, 1.54) is 38.9 Å². The first kappa shape index (κ1) is 12.8. The van der Waals surface area contributed by atoms with Gasteiger partial charge in [-0.1, -0.05) is 22.4 Å². The molecule has 3 nitrogen and oxygen atoms in total. The topological polar surface area (TPSA) is 15.7 Å². The van der Waals surface area contributed by atoms with Crippen LogP contribution in [-0.4, -0.2) is 67.1 Å². The monoisotopic (exact) mass is 290 g/mol. The molecule has 0 aromatic carbocycles. The van der Waals surface area contributed by atoms with Crippen LogP contribution in [0.5, 0.6) is 0 Å². The lowest BCUT2D eigenvalue weighted by atomic mass is 10.0. The van der Waals surface area contributed by atoms with Crippen molar-refractivity contribution in [3.8, 4) is 0 Å². The summed E-state index contributed by atoms with van der Waals surface area (Å²) in [5.74, 6) is 0. The fourth-order valence-corrected chi connectivity index (χ4v) is 3.36. The van der Waals surface area contributed by atoms with Gasteiger partial charge in [0.15, 0.2) is 0 Å². The second-order valence-corrected chi connectivity index (χ2v) is 5.44. The molecule has 2 aliphatic rings. The molecule has 1 atom stereocenters. The minimum absolute atomic E-state index is 0.773. The largest absolute Gasteiger partial charge is 0.379 e. The Kier molecular flexibility index (Phi) is 5.56. The number of likely N-dealkylation sites (tertiary alicyclic amines) is 1. The molecule has 0 N–H and O–H groups in total. The highest BCUT2D eigenvalue weighted by molar-refractivity contribution is 9.09. The fraction of sp³-hybridized carbons (Fsp3) is 1.00. The normalized spacial score (nSPS) is 29.4. The van der Waals surface area contributed by atoms with Crippen LogP contribution in [0.2, 0.25) is 0 Å². The number of hydrogen-bond donors (Lipinski definition) is 0. The van der Waals surface area contributed by atoms with E-state index in [0.717, 1.165) is 37.7 Å². The van der Waals surface area contributed by atoms with Crippen molar-refractivity contribution in [3.05, 3.63) is 0 Å². The van der Waals surface area contributed by atoms with Gasteiger partial charge in [-0.3, -0.25) is 9.80 Å². The lowest BCUT2D eigenvalue weighted by molar-refractivity contribution is 0.0295.